The fourth-order valence-electron chi connectivity index (χ4n) is 4.45. The SMILES string of the molecule is COc1nc2c(cc1CNC(=O)C1CC(=O)N(C)C1)C(=O)N(C1CCCC1)C2. The van der Waals surface area contributed by atoms with Crippen molar-refractivity contribution in [3.8, 4) is 5.88 Å². The van der Waals surface area contributed by atoms with Gasteiger partial charge in [-0.25, -0.2) is 4.98 Å². The van der Waals surface area contributed by atoms with Crippen LogP contribution in [0.2, 0.25) is 0 Å². The molecular formula is C20H26N4O4. The van der Waals surface area contributed by atoms with E-state index in [1.807, 2.05) is 4.90 Å². The van der Waals surface area contributed by atoms with Gasteiger partial charge >= 0.3 is 0 Å². The Morgan fingerprint density at radius 3 is 2.71 bits per heavy atom. The minimum absolute atomic E-state index is 0.0190. The number of ether oxygens (including phenoxy) is 1. The van der Waals surface area contributed by atoms with Gasteiger partial charge in [0.25, 0.3) is 5.91 Å². The maximum atomic E-state index is 12.9. The van der Waals surface area contributed by atoms with Crippen LogP contribution >= 0.6 is 0 Å². The Kier molecular flexibility index (Phi) is 4.95. The molecule has 28 heavy (non-hydrogen) atoms. The van der Waals surface area contributed by atoms with Gasteiger partial charge < -0.3 is 19.9 Å². The molecule has 0 spiro atoms. The molecule has 3 heterocycles. The number of hydrogen-bond acceptors (Lipinski definition) is 5. The molecule has 0 radical (unpaired) electrons. The van der Waals surface area contributed by atoms with E-state index in [1.165, 1.54) is 7.11 Å². The fraction of sp³-hybridized carbons (Fsp3) is 0.600. The normalized spacial score (nSPS) is 22.1. The van der Waals surface area contributed by atoms with Crippen LogP contribution in [0.4, 0.5) is 0 Å². The van der Waals surface area contributed by atoms with E-state index in [4.69, 9.17) is 4.74 Å². The second-order valence-corrected chi connectivity index (χ2v) is 7.92. The third kappa shape index (κ3) is 3.31. The summed E-state index contributed by atoms with van der Waals surface area (Å²) >= 11 is 0. The van der Waals surface area contributed by atoms with Crippen molar-refractivity contribution >= 4 is 17.7 Å². The van der Waals surface area contributed by atoms with E-state index in [1.54, 1.807) is 18.0 Å². The molecular weight excluding hydrogens is 360 g/mol. The Morgan fingerprint density at radius 2 is 2.07 bits per heavy atom. The standard InChI is InChI=1S/C20H26N4O4/c1-23-10-13(8-17(23)25)18(26)21-9-12-7-15-16(22-19(12)28-2)11-24(20(15)27)14-5-3-4-6-14/h7,13-14H,3-6,8-11H2,1-2H3,(H,21,26). The van der Waals surface area contributed by atoms with Crippen LogP contribution in [-0.2, 0) is 22.7 Å². The van der Waals surface area contributed by atoms with Crippen LogP contribution in [0.25, 0.3) is 0 Å². The number of amides is 3. The van der Waals surface area contributed by atoms with Crippen molar-refractivity contribution in [3.63, 3.8) is 0 Å². The number of carbonyl (C=O) groups excluding carboxylic acids is 3. The average Bonchev–Trinajstić information content (AvgIpc) is 3.40. The molecule has 1 N–H and O–H groups in total. The lowest BCUT2D eigenvalue weighted by Crippen LogP contribution is -2.33. The summed E-state index contributed by atoms with van der Waals surface area (Å²) in [5.41, 5.74) is 2.02. The lowest BCUT2D eigenvalue weighted by atomic mass is 10.1. The minimum Gasteiger partial charge on any atom is -0.481 e. The predicted molar refractivity (Wildman–Crippen MR) is 101 cm³/mol. The maximum absolute atomic E-state index is 12.9. The summed E-state index contributed by atoms with van der Waals surface area (Å²) in [6.07, 6.45) is 4.66. The first kappa shape index (κ1) is 18.7. The van der Waals surface area contributed by atoms with E-state index in [2.05, 4.69) is 10.3 Å². The molecule has 150 valence electrons. The van der Waals surface area contributed by atoms with Crippen molar-refractivity contribution in [3.05, 3.63) is 22.9 Å². The Hall–Kier alpha value is -2.64. The van der Waals surface area contributed by atoms with Gasteiger partial charge in [0.1, 0.15) is 0 Å². The molecule has 2 aliphatic heterocycles. The molecule has 8 nitrogen and oxygen atoms in total. The van der Waals surface area contributed by atoms with E-state index < -0.39 is 0 Å². The van der Waals surface area contributed by atoms with Crippen molar-refractivity contribution < 1.29 is 19.1 Å². The van der Waals surface area contributed by atoms with Crippen LogP contribution in [0.15, 0.2) is 6.07 Å². The summed E-state index contributed by atoms with van der Waals surface area (Å²) in [6, 6.07) is 2.10. The number of likely N-dealkylation sites (tertiary alicyclic amines) is 1. The molecule has 3 amide bonds. The van der Waals surface area contributed by atoms with Gasteiger partial charge in [0.2, 0.25) is 17.7 Å². The molecule has 3 aliphatic rings. The van der Waals surface area contributed by atoms with Gasteiger partial charge in [-0.05, 0) is 18.9 Å². The average molecular weight is 386 g/mol. The van der Waals surface area contributed by atoms with Gasteiger partial charge in [0.05, 0.1) is 30.8 Å². The van der Waals surface area contributed by atoms with Gasteiger partial charge in [-0.2, -0.15) is 0 Å². The summed E-state index contributed by atoms with van der Waals surface area (Å²) in [6.45, 7) is 1.17. The monoisotopic (exact) mass is 386 g/mol. The zero-order chi connectivity index (χ0) is 19.8. The van der Waals surface area contributed by atoms with Crippen molar-refractivity contribution in [2.24, 2.45) is 5.92 Å². The minimum atomic E-state index is -0.342. The largest absolute Gasteiger partial charge is 0.481 e. The number of pyridine rings is 1. The van der Waals surface area contributed by atoms with Gasteiger partial charge in [0, 0.05) is 38.2 Å². The quantitative estimate of drug-likeness (QED) is 0.818. The number of nitrogens with one attached hydrogen (secondary N) is 1. The molecule has 1 atom stereocenters. The first-order valence-electron chi connectivity index (χ1n) is 9.87. The number of fused-ring (bicyclic) bond motifs is 1. The predicted octanol–water partition coefficient (Wildman–Crippen LogP) is 1.08. The van der Waals surface area contributed by atoms with Gasteiger partial charge in [0.15, 0.2) is 0 Å². The van der Waals surface area contributed by atoms with Crippen LogP contribution in [0.1, 0.15) is 53.7 Å². The zero-order valence-corrected chi connectivity index (χ0v) is 16.4. The van der Waals surface area contributed by atoms with Crippen LogP contribution in [0.5, 0.6) is 5.88 Å². The van der Waals surface area contributed by atoms with Gasteiger partial charge in [-0.3, -0.25) is 14.4 Å². The molecule has 1 aromatic rings. The second kappa shape index (κ2) is 7.41. The molecule has 1 saturated heterocycles. The molecule has 8 heteroatoms. The van der Waals surface area contributed by atoms with Crippen LogP contribution in [-0.4, -0.2) is 59.2 Å². The fourth-order valence-corrected chi connectivity index (χ4v) is 4.45. The summed E-state index contributed by atoms with van der Waals surface area (Å²) in [5.74, 6) is -0.0774. The van der Waals surface area contributed by atoms with Crippen LogP contribution in [0.3, 0.4) is 0 Å². The summed E-state index contributed by atoms with van der Waals surface area (Å²) in [7, 11) is 3.24. The van der Waals surface area contributed by atoms with Crippen LogP contribution in [0, 0.1) is 5.92 Å². The van der Waals surface area contributed by atoms with Crippen molar-refractivity contribution in [2.45, 2.75) is 51.2 Å². The molecule has 1 saturated carbocycles. The highest BCUT2D eigenvalue weighted by molar-refractivity contribution is 5.98. The molecule has 0 bridgehead atoms. The van der Waals surface area contributed by atoms with E-state index >= 15 is 0 Å². The Morgan fingerprint density at radius 1 is 1.32 bits per heavy atom. The van der Waals surface area contributed by atoms with E-state index in [9.17, 15) is 14.4 Å². The first-order chi connectivity index (χ1) is 13.5. The lowest BCUT2D eigenvalue weighted by molar-refractivity contribution is -0.128. The summed E-state index contributed by atoms with van der Waals surface area (Å²) in [5, 5.41) is 2.87. The summed E-state index contributed by atoms with van der Waals surface area (Å²) in [4.78, 5) is 45.0. The first-order valence-corrected chi connectivity index (χ1v) is 9.87. The number of carbonyl (C=O) groups is 3. The maximum Gasteiger partial charge on any atom is 0.256 e. The van der Waals surface area contributed by atoms with Crippen LogP contribution < -0.4 is 10.1 Å². The molecule has 1 aliphatic carbocycles. The Balaban J connectivity index is 1.47. The molecule has 4 rings (SSSR count). The number of rotatable bonds is 5. The van der Waals surface area contributed by atoms with E-state index in [0.29, 0.717) is 36.1 Å². The van der Waals surface area contributed by atoms with Crippen molar-refractivity contribution in [1.82, 2.24) is 20.1 Å². The number of methoxy groups -OCH3 is 1. The van der Waals surface area contributed by atoms with Gasteiger partial charge in [-0.15, -0.1) is 0 Å². The van der Waals surface area contributed by atoms with Crippen molar-refractivity contribution in [2.75, 3.05) is 20.7 Å². The molecule has 0 aromatic carbocycles. The van der Waals surface area contributed by atoms with E-state index in [0.717, 1.165) is 31.4 Å². The van der Waals surface area contributed by atoms with Gasteiger partial charge in [-0.1, -0.05) is 12.8 Å². The molecule has 2 fully saturated rings. The topological polar surface area (TPSA) is 91.8 Å². The third-order valence-corrected chi connectivity index (χ3v) is 6.08. The molecule has 1 aromatic heterocycles. The second-order valence-electron chi connectivity index (χ2n) is 7.92. The Labute approximate surface area is 164 Å². The summed E-state index contributed by atoms with van der Waals surface area (Å²) < 4.78 is 5.40. The third-order valence-electron chi connectivity index (χ3n) is 6.08. The highest BCUT2D eigenvalue weighted by atomic mass is 16.5. The molecule has 1 unspecified atom stereocenters. The van der Waals surface area contributed by atoms with E-state index in [-0.39, 0.29) is 36.6 Å². The number of hydrogen-bond donors (Lipinski definition) is 1. The number of aromatic nitrogens is 1. The Bertz CT molecular complexity index is 819. The van der Waals surface area contributed by atoms with Crippen molar-refractivity contribution in [1.29, 1.82) is 0 Å². The smallest absolute Gasteiger partial charge is 0.256 e. The zero-order valence-electron chi connectivity index (χ0n) is 16.4. The highest BCUT2D eigenvalue weighted by Gasteiger charge is 2.36. The lowest BCUT2D eigenvalue weighted by Gasteiger charge is -2.22. The highest BCUT2D eigenvalue weighted by Crippen LogP contribution is 2.33. The number of nitrogens with zero attached hydrogens (tertiary/aromatic N) is 3.